The summed E-state index contributed by atoms with van der Waals surface area (Å²) in [4.78, 5) is 11.5. The van der Waals surface area contributed by atoms with Gasteiger partial charge in [-0.05, 0) is 93.0 Å². The van der Waals surface area contributed by atoms with Gasteiger partial charge in [-0.25, -0.2) is 9.97 Å². The van der Waals surface area contributed by atoms with Gasteiger partial charge in [0.1, 0.15) is 4.83 Å². The number of rotatable bonds is 5. The maximum Gasteiger partial charge on any atom is 0.236 e. The molecule has 0 saturated carbocycles. The summed E-state index contributed by atoms with van der Waals surface area (Å²) >= 11 is 1.66. The molecule has 0 radical (unpaired) electrons. The SMILES string of the molecule is c1ccc(-n2c3ccccc3c3cc(-c4ccc5c(c4)c4ccccc4n5-c4nc(-c5ccc(-c6cccc7ccccc67)cc5)c5ccsc5n4)ccc32)cc1. The van der Waals surface area contributed by atoms with E-state index in [-0.39, 0.29) is 0 Å². The summed E-state index contributed by atoms with van der Waals surface area (Å²) in [5, 5.41) is 10.5. The molecular weight excluding hydrogens is 713 g/mol. The van der Waals surface area contributed by atoms with Crippen molar-refractivity contribution in [3.05, 3.63) is 193 Å². The van der Waals surface area contributed by atoms with Crippen LogP contribution in [0.1, 0.15) is 0 Å². The Bertz CT molecular complexity index is 3510. The molecule has 0 amide bonds. The summed E-state index contributed by atoms with van der Waals surface area (Å²) in [6, 6.07) is 67.7. The van der Waals surface area contributed by atoms with Crippen LogP contribution in [0, 0.1) is 0 Å². The molecule has 8 aromatic carbocycles. The van der Waals surface area contributed by atoms with Gasteiger partial charge in [0.25, 0.3) is 0 Å². The largest absolute Gasteiger partial charge is 0.309 e. The Morgan fingerprint density at radius 2 is 0.930 bits per heavy atom. The second kappa shape index (κ2) is 12.6. The summed E-state index contributed by atoms with van der Waals surface area (Å²) in [6.45, 7) is 0. The first-order valence-corrected chi connectivity index (χ1v) is 20.1. The van der Waals surface area contributed by atoms with Gasteiger partial charge in [-0.3, -0.25) is 4.57 Å². The normalized spacial score (nSPS) is 11.9. The Kier molecular flexibility index (Phi) is 7.06. The molecule has 0 atom stereocenters. The molecule has 0 spiro atoms. The summed E-state index contributed by atoms with van der Waals surface area (Å²) in [6.07, 6.45) is 0. The fraction of sp³-hybridized carbons (Fsp3) is 0. The molecule has 0 fully saturated rings. The van der Waals surface area contributed by atoms with Crippen LogP contribution in [-0.4, -0.2) is 19.1 Å². The van der Waals surface area contributed by atoms with Gasteiger partial charge < -0.3 is 4.57 Å². The second-order valence-corrected chi connectivity index (χ2v) is 15.5. The molecule has 5 heteroatoms. The number of hydrogen-bond donors (Lipinski definition) is 0. The molecule has 4 aromatic heterocycles. The van der Waals surface area contributed by atoms with Crippen molar-refractivity contribution in [1.29, 1.82) is 0 Å². The van der Waals surface area contributed by atoms with Gasteiger partial charge in [0.15, 0.2) is 0 Å². The van der Waals surface area contributed by atoms with E-state index in [9.17, 15) is 0 Å². The third-order valence-electron chi connectivity index (χ3n) is 11.5. The minimum atomic E-state index is 0.673. The molecule has 4 nitrogen and oxygen atoms in total. The zero-order valence-corrected chi connectivity index (χ0v) is 31.5. The first-order chi connectivity index (χ1) is 28.3. The smallest absolute Gasteiger partial charge is 0.236 e. The van der Waals surface area contributed by atoms with Crippen LogP contribution in [0.2, 0.25) is 0 Å². The third-order valence-corrected chi connectivity index (χ3v) is 12.3. The van der Waals surface area contributed by atoms with E-state index in [1.807, 2.05) is 0 Å². The lowest BCUT2D eigenvalue weighted by Gasteiger charge is -2.11. The highest BCUT2D eigenvalue weighted by molar-refractivity contribution is 7.16. The number of nitrogens with zero attached hydrogens (tertiary/aromatic N) is 4. The minimum absolute atomic E-state index is 0.673. The quantitative estimate of drug-likeness (QED) is 0.176. The van der Waals surface area contributed by atoms with E-state index in [0.29, 0.717) is 5.95 Å². The van der Waals surface area contributed by atoms with Crippen LogP contribution in [0.5, 0.6) is 0 Å². The monoisotopic (exact) mass is 744 g/mol. The van der Waals surface area contributed by atoms with Crippen molar-refractivity contribution in [3.8, 4) is 45.1 Å². The topological polar surface area (TPSA) is 35.6 Å². The van der Waals surface area contributed by atoms with Gasteiger partial charge >= 0.3 is 0 Å². The fourth-order valence-corrected chi connectivity index (χ4v) is 9.58. The highest BCUT2D eigenvalue weighted by Gasteiger charge is 2.19. The van der Waals surface area contributed by atoms with Crippen molar-refractivity contribution in [2.45, 2.75) is 0 Å². The van der Waals surface area contributed by atoms with Crippen molar-refractivity contribution < 1.29 is 0 Å². The van der Waals surface area contributed by atoms with Crippen LogP contribution < -0.4 is 0 Å². The van der Waals surface area contributed by atoms with Crippen molar-refractivity contribution in [2.75, 3.05) is 0 Å². The van der Waals surface area contributed by atoms with Crippen LogP contribution in [0.25, 0.3) is 110 Å². The molecule has 0 aliphatic rings. The van der Waals surface area contributed by atoms with Crippen LogP contribution in [-0.2, 0) is 0 Å². The first-order valence-electron chi connectivity index (χ1n) is 19.2. The van der Waals surface area contributed by atoms with Gasteiger partial charge in [-0.15, -0.1) is 11.3 Å². The molecule has 4 heterocycles. The lowest BCUT2D eigenvalue weighted by molar-refractivity contribution is 1.02. The van der Waals surface area contributed by atoms with E-state index < -0.39 is 0 Å². The number of aromatic nitrogens is 4. The van der Waals surface area contributed by atoms with Crippen LogP contribution in [0.3, 0.4) is 0 Å². The molecule has 0 aliphatic heterocycles. The van der Waals surface area contributed by atoms with E-state index in [0.717, 1.165) is 38.2 Å². The Morgan fingerprint density at radius 1 is 0.368 bits per heavy atom. The molecule has 0 unspecified atom stereocenters. The predicted octanol–water partition coefficient (Wildman–Crippen LogP) is 14.0. The number of benzene rings is 8. The first kappa shape index (κ1) is 32.0. The van der Waals surface area contributed by atoms with Gasteiger partial charge in [-0.1, -0.05) is 133 Å². The lowest BCUT2D eigenvalue weighted by Crippen LogP contribution is -2.02. The average Bonchev–Trinajstić information content (AvgIpc) is 3.98. The van der Waals surface area contributed by atoms with Crippen molar-refractivity contribution in [3.63, 3.8) is 0 Å². The standard InChI is InChI=1S/C52H32N4S/c1-2-13-38(14-3-1)55-46-19-8-6-16-41(46)44-31-36(25-27-48(44)55)37-26-28-49-45(32-37)42-17-7-9-20-47(42)56(49)52-53-50(43-29-30-57-51(43)54-52)35-23-21-34(22-24-35)40-18-10-12-33-11-4-5-15-39(33)40/h1-32H. The molecule has 57 heavy (non-hydrogen) atoms. The highest BCUT2D eigenvalue weighted by Crippen LogP contribution is 2.39. The fourth-order valence-electron chi connectivity index (χ4n) is 8.82. The van der Waals surface area contributed by atoms with Gasteiger partial charge in [0, 0.05) is 38.2 Å². The van der Waals surface area contributed by atoms with Crippen molar-refractivity contribution in [2.24, 2.45) is 0 Å². The zero-order valence-electron chi connectivity index (χ0n) is 30.7. The van der Waals surface area contributed by atoms with E-state index >= 15 is 0 Å². The summed E-state index contributed by atoms with van der Waals surface area (Å²) < 4.78 is 4.60. The Hall–Kier alpha value is -7.34. The Balaban J connectivity index is 0.993. The van der Waals surface area contributed by atoms with Crippen LogP contribution in [0.4, 0.5) is 0 Å². The zero-order chi connectivity index (χ0) is 37.5. The maximum atomic E-state index is 5.37. The maximum absolute atomic E-state index is 5.37. The average molecular weight is 745 g/mol. The predicted molar refractivity (Wildman–Crippen MR) is 240 cm³/mol. The van der Waals surface area contributed by atoms with E-state index in [1.165, 1.54) is 65.6 Å². The molecule has 0 saturated heterocycles. The van der Waals surface area contributed by atoms with Crippen LogP contribution >= 0.6 is 11.3 Å². The molecule has 0 N–H and O–H groups in total. The second-order valence-electron chi connectivity index (χ2n) is 14.6. The molecule has 266 valence electrons. The minimum Gasteiger partial charge on any atom is -0.309 e. The highest BCUT2D eigenvalue weighted by atomic mass is 32.1. The van der Waals surface area contributed by atoms with E-state index in [4.69, 9.17) is 9.97 Å². The number of fused-ring (bicyclic) bond motifs is 8. The Labute approximate surface area is 332 Å². The van der Waals surface area contributed by atoms with Gasteiger partial charge in [-0.2, -0.15) is 0 Å². The van der Waals surface area contributed by atoms with Crippen molar-refractivity contribution in [1.82, 2.24) is 19.1 Å². The summed E-state index contributed by atoms with van der Waals surface area (Å²) in [5.74, 6) is 0.673. The molecule has 0 aliphatic carbocycles. The van der Waals surface area contributed by atoms with E-state index in [2.05, 4.69) is 203 Å². The number of hydrogen-bond acceptors (Lipinski definition) is 3. The van der Waals surface area contributed by atoms with E-state index in [1.54, 1.807) is 11.3 Å². The van der Waals surface area contributed by atoms with Gasteiger partial charge in [0.05, 0.1) is 27.8 Å². The third kappa shape index (κ3) is 4.99. The summed E-state index contributed by atoms with van der Waals surface area (Å²) in [5.41, 5.74) is 12.5. The van der Waals surface area contributed by atoms with Gasteiger partial charge in [0.2, 0.25) is 5.95 Å². The molecular formula is C52H32N4S. The number of thiophene rings is 1. The lowest BCUT2D eigenvalue weighted by atomic mass is 9.97. The summed E-state index contributed by atoms with van der Waals surface area (Å²) in [7, 11) is 0. The number of para-hydroxylation sites is 3. The molecule has 12 aromatic rings. The molecule has 12 rings (SSSR count). The molecule has 0 bridgehead atoms. The van der Waals surface area contributed by atoms with Crippen molar-refractivity contribution >= 4 is 75.9 Å². The Morgan fingerprint density at radius 3 is 1.67 bits per heavy atom. The van der Waals surface area contributed by atoms with Crippen LogP contribution in [0.15, 0.2) is 193 Å².